The number of aryl methyl sites for hydroxylation is 1. The maximum Gasteiger partial charge on any atom is 0.144 e. The van der Waals surface area contributed by atoms with E-state index in [-0.39, 0.29) is 0 Å². The second kappa shape index (κ2) is 4.80. The molecule has 4 heteroatoms. The number of pyridine rings is 1. The number of hydrogen-bond donors (Lipinski definition) is 2. The van der Waals surface area contributed by atoms with Crippen molar-refractivity contribution in [2.45, 2.75) is 19.4 Å². The predicted octanol–water partition coefficient (Wildman–Crippen LogP) is 0.805. The molecule has 0 radical (unpaired) electrons. The highest BCUT2D eigenvalue weighted by Crippen LogP contribution is 2.33. The summed E-state index contributed by atoms with van der Waals surface area (Å²) in [6.45, 7) is 3.68. The minimum atomic E-state index is 0.300. The van der Waals surface area contributed by atoms with Gasteiger partial charge in [0.2, 0.25) is 0 Å². The van der Waals surface area contributed by atoms with E-state index >= 15 is 0 Å². The minimum absolute atomic E-state index is 0.300. The van der Waals surface area contributed by atoms with E-state index in [1.807, 2.05) is 27.2 Å². The summed E-state index contributed by atoms with van der Waals surface area (Å²) in [5.41, 5.74) is 3.58. The Balaban J connectivity index is 2.37. The maximum absolute atomic E-state index is 5.63. The normalized spacial score (nSPS) is 15.7. The fourth-order valence-corrected chi connectivity index (χ4v) is 2.23. The summed E-state index contributed by atoms with van der Waals surface area (Å²) in [5.74, 6) is 0.994. The SMILES string of the molecule is CNCC(NC)c1cnc(C)c2c1CCO2. The van der Waals surface area contributed by atoms with Crippen LogP contribution in [0.15, 0.2) is 6.20 Å². The quantitative estimate of drug-likeness (QED) is 0.789. The summed E-state index contributed by atoms with van der Waals surface area (Å²) in [6, 6.07) is 0.300. The molecular formula is C12H19N3O. The van der Waals surface area contributed by atoms with Crippen LogP contribution in [-0.2, 0) is 6.42 Å². The lowest BCUT2D eigenvalue weighted by atomic mass is 10.00. The number of hydrogen-bond acceptors (Lipinski definition) is 4. The summed E-state index contributed by atoms with van der Waals surface area (Å²) in [7, 11) is 3.94. The molecule has 0 spiro atoms. The van der Waals surface area contributed by atoms with Crippen LogP contribution >= 0.6 is 0 Å². The molecule has 0 amide bonds. The predicted molar refractivity (Wildman–Crippen MR) is 63.9 cm³/mol. The van der Waals surface area contributed by atoms with Crippen LogP contribution in [0.4, 0.5) is 0 Å². The molecule has 1 aliphatic heterocycles. The van der Waals surface area contributed by atoms with Crippen LogP contribution in [0.1, 0.15) is 22.9 Å². The van der Waals surface area contributed by atoms with Gasteiger partial charge in [-0.3, -0.25) is 4.98 Å². The number of nitrogens with zero attached hydrogens (tertiary/aromatic N) is 1. The molecule has 0 bridgehead atoms. The van der Waals surface area contributed by atoms with Crippen molar-refractivity contribution in [1.29, 1.82) is 0 Å². The van der Waals surface area contributed by atoms with Gasteiger partial charge < -0.3 is 15.4 Å². The summed E-state index contributed by atoms with van der Waals surface area (Å²) in [4.78, 5) is 4.41. The zero-order chi connectivity index (χ0) is 11.5. The highest BCUT2D eigenvalue weighted by molar-refractivity contribution is 5.45. The van der Waals surface area contributed by atoms with Gasteiger partial charge in [-0.15, -0.1) is 0 Å². The lowest BCUT2D eigenvalue weighted by Crippen LogP contribution is -2.28. The van der Waals surface area contributed by atoms with E-state index in [0.29, 0.717) is 6.04 Å². The summed E-state index contributed by atoms with van der Waals surface area (Å²) in [6.07, 6.45) is 2.97. The number of nitrogens with one attached hydrogen (secondary N) is 2. The Bertz CT molecular complexity index is 379. The fourth-order valence-electron chi connectivity index (χ4n) is 2.23. The number of fused-ring (bicyclic) bond motifs is 1. The molecule has 16 heavy (non-hydrogen) atoms. The number of ether oxygens (including phenoxy) is 1. The molecular weight excluding hydrogens is 202 g/mol. The first-order valence-electron chi connectivity index (χ1n) is 5.71. The number of likely N-dealkylation sites (N-methyl/N-ethyl adjacent to an activating group) is 2. The topological polar surface area (TPSA) is 46.2 Å². The van der Waals surface area contributed by atoms with Gasteiger partial charge in [0, 0.05) is 30.8 Å². The van der Waals surface area contributed by atoms with Crippen LogP contribution in [0.3, 0.4) is 0 Å². The van der Waals surface area contributed by atoms with Crippen molar-refractivity contribution in [2.24, 2.45) is 0 Å². The summed E-state index contributed by atoms with van der Waals surface area (Å²) in [5, 5.41) is 6.50. The molecule has 1 aromatic heterocycles. The highest BCUT2D eigenvalue weighted by Gasteiger charge is 2.23. The fraction of sp³-hybridized carbons (Fsp3) is 0.583. The van der Waals surface area contributed by atoms with E-state index in [1.165, 1.54) is 11.1 Å². The molecule has 0 aromatic carbocycles. The van der Waals surface area contributed by atoms with E-state index in [2.05, 4.69) is 15.6 Å². The van der Waals surface area contributed by atoms with Crippen LogP contribution in [0.5, 0.6) is 5.75 Å². The van der Waals surface area contributed by atoms with E-state index < -0.39 is 0 Å². The Morgan fingerprint density at radius 3 is 3.00 bits per heavy atom. The lowest BCUT2D eigenvalue weighted by Gasteiger charge is -2.18. The zero-order valence-electron chi connectivity index (χ0n) is 10.1. The van der Waals surface area contributed by atoms with Crippen LogP contribution in [0.2, 0.25) is 0 Å². The van der Waals surface area contributed by atoms with Gasteiger partial charge in [0.05, 0.1) is 12.3 Å². The first kappa shape index (κ1) is 11.4. The van der Waals surface area contributed by atoms with Gasteiger partial charge in [-0.05, 0) is 26.6 Å². The second-order valence-corrected chi connectivity index (χ2v) is 4.10. The lowest BCUT2D eigenvalue weighted by molar-refractivity contribution is 0.353. The number of rotatable bonds is 4. The van der Waals surface area contributed by atoms with E-state index in [9.17, 15) is 0 Å². The molecule has 1 aliphatic rings. The zero-order valence-corrected chi connectivity index (χ0v) is 10.1. The molecule has 2 rings (SSSR count). The molecule has 2 N–H and O–H groups in total. The summed E-state index contributed by atoms with van der Waals surface area (Å²) < 4.78 is 5.63. The Morgan fingerprint density at radius 1 is 1.50 bits per heavy atom. The van der Waals surface area contributed by atoms with Crippen molar-refractivity contribution < 1.29 is 4.74 Å². The first-order chi connectivity index (χ1) is 7.77. The molecule has 0 aliphatic carbocycles. The monoisotopic (exact) mass is 221 g/mol. The van der Waals surface area contributed by atoms with Crippen molar-refractivity contribution in [3.8, 4) is 5.75 Å². The average Bonchev–Trinajstić information content (AvgIpc) is 2.77. The van der Waals surface area contributed by atoms with E-state index in [0.717, 1.165) is 31.0 Å². The molecule has 1 aromatic rings. The third-order valence-electron chi connectivity index (χ3n) is 3.08. The van der Waals surface area contributed by atoms with Crippen LogP contribution in [-0.4, -0.2) is 32.2 Å². The van der Waals surface area contributed by atoms with Gasteiger partial charge in [0.25, 0.3) is 0 Å². The Kier molecular flexibility index (Phi) is 3.41. The van der Waals surface area contributed by atoms with Gasteiger partial charge in [0.15, 0.2) is 0 Å². The summed E-state index contributed by atoms with van der Waals surface area (Å²) >= 11 is 0. The van der Waals surface area contributed by atoms with Crippen molar-refractivity contribution >= 4 is 0 Å². The van der Waals surface area contributed by atoms with Gasteiger partial charge in [-0.1, -0.05) is 0 Å². The Morgan fingerprint density at radius 2 is 2.31 bits per heavy atom. The van der Waals surface area contributed by atoms with E-state index in [1.54, 1.807) is 0 Å². The largest absolute Gasteiger partial charge is 0.491 e. The Labute approximate surface area is 96.4 Å². The standard InChI is InChI=1S/C12H19N3O/c1-8-12-9(4-5-16-12)10(6-15-8)11(14-3)7-13-2/h6,11,13-14H,4-5,7H2,1-3H3. The van der Waals surface area contributed by atoms with Crippen LogP contribution in [0.25, 0.3) is 0 Å². The minimum Gasteiger partial charge on any atom is -0.491 e. The smallest absolute Gasteiger partial charge is 0.144 e. The molecule has 0 fully saturated rings. The third kappa shape index (κ3) is 1.90. The molecule has 0 saturated heterocycles. The highest BCUT2D eigenvalue weighted by atomic mass is 16.5. The molecule has 1 atom stereocenters. The van der Waals surface area contributed by atoms with Gasteiger partial charge in [-0.2, -0.15) is 0 Å². The van der Waals surface area contributed by atoms with Gasteiger partial charge in [-0.25, -0.2) is 0 Å². The third-order valence-corrected chi connectivity index (χ3v) is 3.08. The average molecular weight is 221 g/mol. The van der Waals surface area contributed by atoms with Gasteiger partial charge in [0.1, 0.15) is 5.75 Å². The maximum atomic E-state index is 5.63. The number of aromatic nitrogens is 1. The van der Waals surface area contributed by atoms with Crippen molar-refractivity contribution in [2.75, 3.05) is 27.2 Å². The Hall–Kier alpha value is -1.13. The molecule has 1 unspecified atom stereocenters. The van der Waals surface area contributed by atoms with E-state index in [4.69, 9.17) is 4.74 Å². The van der Waals surface area contributed by atoms with Gasteiger partial charge >= 0.3 is 0 Å². The molecule has 4 nitrogen and oxygen atoms in total. The first-order valence-corrected chi connectivity index (χ1v) is 5.71. The van der Waals surface area contributed by atoms with Crippen molar-refractivity contribution in [3.63, 3.8) is 0 Å². The molecule has 2 heterocycles. The van der Waals surface area contributed by atoms with Crippen molar-refractivity contribution in [3.05, 3.63) is 23.0 Å². The second-order valence-electron chi connectivity index (χ2n) is 4.10. The van der Waals surface area contributed by atoms with Crippen LogP contribution < -0.4 is 15.4 Å². The molecule has 88 valence electrons. The van der Waals surface area contributed by atoms with Crippen molar-refractivity contribution in [1.82, 2.24) is 15.6 Å². The van der Waals surface area contributed by atoms with Crippen LogP contribution in [0, 0.1) is 6.92 Å². The molecule has 0 saturated carbocycles.